The van der Waals surface area contributed by atoms with Crippen LogP contribution in [0, 0.1) is 12.7 Å². The molecule has 3 aromatic rings. The van der Waals surface area contributed by atoms with Crippen LogP contribution < -0.4 is 11.0 Å². The van der Waals surface area contributed by atoms with Crippen molar-refractivity contribution in [2.75, 3.05) is 5.32 Å². The molecule has 3 rings (SSSR count). The van der Waals surface area contributed by atoms with E-state index < -0.39 is 17.4 Å². The summed E-state index contributed by atoms with van der Waals surface area (Å²) in [7, 11) is 0. The third-order valence-electron chi connectivity index (χ3n) is 3.58. The van der Waals surface area contributed by atoms with E-state index in [-0.39, 0.29) is 11.4 Å². The van der Waals surface area contributed by atoms with Crippen LogP contribution in [0.25, 0.3) is 11.3 Å². The zero-order chi connectivity index (χ0) is 18.0. The summed E-state index contributed by atoms with van der Waals surface area (Å²) < 4.78 is 13.0. The Balaban J connectivity index is 1.94. The van der Waals surface area contributed by atoms with Crippen LogP contribution >= 0.6 is 11.6 Å². The Bertz CT molecular complexity index is 1000. The van der Waals surface area contributed by atoms with Crippen LogP contribution in [0.5, 0.6) is 0 Å². The summed E-state index contributed by atoms with van der Waals surface area (Å²) >= 11 is 5.94. The minimum atomic E-state index is -0.671. The van der Waals surface area contributed by atoms with Gasteiger partial charge < -0.3 is 10.3 Å². The van der Waals surface area contributed by atoms with Gasteiger partial charge >= 0.3 is 5.69 Å². The van der Waals surface area contributed by atoms with E-state index >= 15 is 0 Å². The molecule has 0 saturated heterocycles. The van der Waals surface area contributed by atoms with Crippen molar-refractivity contribution in [2.45, 2.75) is 6.92 Å². The van der Waals surface area contributed by atoms with Gasteiger partial charge in [0.2, 0.25) is 0 Å². The van der Waals surface area contributed by atoms with E-state index in [4.69, 9.17) is 11.6 Å². The van der Waals surface area contributed by atoms with E-state index in [2.05, 4.69) is 15.3 Å². The molecule has 0 aliphatic carbocycles. The number of aromatic nitrogens is 2. The lowest BCUT2D eigenvalue weighted by atomic mass is 10.1. The van der Waals surface area contributed by atoms with E-state index in [1.807, 2.05) is 6.92 Å². The van der Waals surface area contributed by atoms with Crippen molar-refractivity contribution >= 4 is 23.2 Å². The van der Waals surface area contributed by atoms with Gasteiger partial charge in [0.25, 0.3) is 5.91 Å². The molecule has 1 amide bonds. The molecule has 0 aliphatic heterocycles. The lowest BCUT2D eigenvalue weighted by Crippen LogP contribution is -2.21. The molecule has 0 unspecified atom stereocenters. The number of hydrogen-bond donors (Lipinski definition) is 2. The minimum Gasteiger partial charge on any atom is -0.320 e. The molecule has 5 nitrogen and oxygen atoms in total. The van der Waals surface area contributed by atoms with Gasteiger partial charge in [0, 0.05) is 16.3 Å². The maximum atomic E-state index is 13.0. The van der Waals surface area contributed by atoms with Crippen molar-refractivity contribution in [3.8, 4) is 11.3 Å². The second-order valence-electron chi connectivity index (χ2n) is 5.41. The zero-order valence-electron chi connectivity index (χ0n) is 13.1. The highest BCUT2D eigenvalue weighted by Gasteiger charge is 2.12. The highest BCUT2D eigenvalue weighted by molar-refractivity contribution is 6.31. The van der Waals surface area contributed by atoms with E-state index in [1.165, 1.54) is 30.3 Å². The summed E-state index contributed by atoms with van der Waals surface area (Å²) in [5.41, 5.74) is 1.54. The molecular weight excluding hydrogens is 345 g/mol. The monoisotopic (exact) mass is 357 g/mol. The number of aryl methyl sites for hydroxylation is 1. The minimum absolute atomic E-state index is 0.0405. The fourth-order valence-corrected chi connectivity index (χ4v) is 2.44. The zero-order valence-corrected chi connectivity index (χ0v) is 13.9. The molecule has 7 heteroatoms. The van der Waals surface area contributed by atoms with Crippen molar-refractivity contribution in [1.82, 2.24) is 9.97 Å². The average Bonchev–Trinajstić information content (AvgIpc) is 2.58. The average molecular weight is 358 g/mol. The van der Waals surface area contributed by atoms with Crippen molar-refractivity contribution in [2.24, 2.45) is 0 Å². The standard InChI is InChI=1S/C18H13ClFN3O2/c1-10-2-5-12(19)8-14(10)21-17(24)16-9-15(22-18(25)23-16)11-3-6-13(20)7-4-11/h2-9H,1H3,(H,21,24)(H,22,23,25). The Kier molecular flexibility index (Phi) is 4.63. The van der Waals surface area contributed by atoms with Crippen LogP contribution in [0.3, 0.4) is 0 Å². The predicted molar refractivity (Wildman–Crippen MR) is 94.4 cm³/mol. The SMILES string of the molecule is Cc1ccc(Cl)cc1NC(=O)c1cc(-c2ccc(F)cc2)nc(=O)[nH]1. The van der Waals surface area contributed by atoms with Crippen molar-refractivity contribution in [3.63, 3.8) is 0 Å². The fraction of sp³-hybridized carbons (Fsp3) is 0.0556. The number of rotatable bonds is 3. The lowest BCUT2D eigenvalue weighted by molar-refractivity contribution is 0.102. The van der Waals surface area contributed by atoms with E-state index in [0.717, 1.165) is 5.56 Å². The normalized spacial score (nSPS) is 10.5. The van der Waals surface area contributed by atoms with Crippen LogP contribution in [-0.2, 0) is 0 Å². The molecular formula is C18H13ClFN3O2. The van der Waals surface area contributed by atoms with Gasteiger partial charge in [-0.15, -0.1) is 0 Å². The Hall–Kier alpha value is -2.99. The van der Waals surface area contributed by atoms with Gasteiger partial charge in [-0.2, -0.15) is 4.98 Å². The lowest BCUT2D eigenvalue weighted by Gasteiger charge is -2.09. The van der Waals surface area contributed by atoms with Crippen LogP contribution in [-0.4, -0.2) is 15.9 Å². The number of amides is 1. The first kappa shape index (κ1) is 16.9. The Morgan fingerprint density at radius 3 is 2.60 bits per heavy atom. The van der Waals surface area contributed by atoms with Gasteiger partial charge in [0.15, 0.2) is 0 Å². The van der Waals surface area contributed by atoms with Gasteiger partial charge in [-0.25, -0.2) is 9.18 Å². The Morgan fingerprint density at radius 2 is 1.88 bits per heavy atom. The number of carbonyl (C=O) groups excluding carboxylic acids is 1. The molecule has 1 heterocycles. The second kappa shape index (κ2) is 6.86. The quantitative estimate of drug-likeness (QED) is 0.748. The van der Waals surface area contributed by atoms with Crippen LogP contribution in [0.4, 0.5) is 10.1 Å². The molecule has 2 aromatic carbocycles. The van der Waals surface area contributed by atoms with Crippen LogP contribution in [0.1, 0.15) is 16.1 Å². The van der Waals surface area contributed by atoms with Gasteiger partial charge in [-0.05, 0) is 55.0 Å². The van der Waals surface area contributed by atoms with E-state index in [0.29, 0.717) is 16.3 Å². The first-order valence-electron chi connectivity index (χ1n) is 7.37. The molecule has 126 valence electrons. The highest BCUT2D eigenvalue weighted by atomic mass is 35.5. The number of nitrogens with zero attached hydrogens (tertiary/aromatic N) is 1. The summed E-state index contributed by atoms with van der Waals surface area (Å²) in [5.74, 6) is -0.906. The molecule has 25 heavy (non-hydrogen) atoms. The third-order valence-corrected chi connectivity index (χ3v) is 3.81. The summed E-state index contributed by atoms with van der Waals surface area (Å²) in [6.45, 7) is 1.82. The first-order valence-corrected chi connectivity index (χ1v) is 7.75. The van der Waals surface area contributed by atoms with Gasteiger partial charge in [-0.3, -0.25) is 4.79 Å². The molecule has 0 aliphatic rings. The maximum absolute atomic E-state index is 13.0. The number of H-pyrrole nitrogens is 1. The molecule has 0 spiro atoms. The highest BCUT2D eigenvalue weighted by Crippen LogP contribution is 2.21. The van der Waals surface area contributed by atoms with Gasteiger partial charge in [-0.1, -0.05) is 17.7 Å². The molecule has 0 atom stereocenters. The molecule has 1 aromatic heterocycles. The van der Waals surface area contributed by atoms with Gasteiger partial charge in [0.1, 0.15) is 11.5 Å². The molecule has 2 N–H and O–H groups in total. The number of halogens is 2. The molecule has 0 radical (unpaired) electrons. The number of aromatic amines is 1. The molecule has 0 bridgehead atoms. The van der Waals surface area contributed by atoms with Crippen LogP contribution in [0.15, 0.2) is 53.3 Å². The summed E-state index contributed by atoms with van der Waals surface area (Å²) in [4.78, 5) is 30.5. The predicted octanol–water partition coefficient (Wildman–Crippen LogP) is 3.79. The largest absolute Gasteiger partial charge is 0.346 e. The second-order valence-corrected chi connectivity index (χ2v) is 5.84. The molecule has 0 saturated carbocycles. The van der Waals surface area contributed by atoms with Crippen molar-refractivity contribution < 1.29 is 9.18 Å². The van der Waals surface area contributed by atoms with Crippen LogP contribution in [0.2, 0.25) is 5.02 Å². The smallest absolute Gasteiger partial charge is 0.320 e. The van der Waals surface area contributed by atoms with E-state index in [9.17, 15) is 14.0 Å². The number of hydrogen-bond acceptors (Lipinski definition) is 3. The number of benzene rings is 2. The van der Waals surface area contributed by atoms with Gasteiger partial charge in [0.05, 0.1) is 5.69 Å². The summed E-state index contributed by atoms with van der Waals surface area (Å²) in [5, 5.41) is 3.18. The fourth-order valence-electron chi connectivity index (χ4n) is 2.27. The summed E-state index contributed by atoms with van der Waals surface area (Å²) in [6, 6.07) is 12.0. The number of carbonyl (C=O) groups is 1. The number of anilines is 1. The van der Waals surface area contributed by atoms with Crippen molar-refractivity contribution in [1.29, 1.82) is 0 Å². The first-order chi connectivity index (χ1) is 11.9. The summed E-state index contributed by atoms with van der Waals surface area (Å²) in [6.07, 6.45) is 0. The van der Waals surface area contributed by atoms with Crippen molar-refractivity contribution in [3.05, 3.63) is 81.1 Å². The molecule has 0 fully saturated rings. The topological polar surface area (TPSA) is 74.8 Å². The third kappa shape index (κ3) is 3.92. The number of nitrogens with one attached hydrogen (secondary N) is 2. The van der Waals surface area contributed by atoms with E-state index in [1.54, 1.807) is 18.2 Å². The maximum Gasteiger partial charge on any atom is 0.346 e. The Labute approximate surface area is 147 Å². The Morgan fingerprint density at radius 1 is 1.16 bits per heavy atom.